The molecule has 0 saturated carbocycles. The Labute approximate surface area is 127 Å². The van der Waals surface area contributed by atoms with Crippen molar-refractivity contribution in [3.05, 3.63) is 35.6 Å². The molecular formula is C18H26FNO. The van der Waals surface area contributed by atoms with Crippen LogP contribution in [0.15, 0.2) is 24.3 Å². The van der Waals surface area contributed by atoms with Crippen LogP contribution < -0.4 is 0 Å². The Balaban J connectivity index is 1.63. The predicted molar refractivity (Wildman–Crippen MR) is 83.0 cm³/mol. The quantitative estimate of drug-likeness (QED) is 0.776. The average molecular weight is 291 g/mol. The molecule has 1 atom stereocenters. The van der Waals surface area contributed by atoms with Crippen LogP contribution in [0.5, 0.6) is 0 Å². The smallest absolute Gasteiger partial charge is 0.123 e. The van der Waals surface area contributed by atoms with E-state index in [1.807, 2.05) is 12.1 Å². The second kappa shape index (κ2) is 5.36. The maximum Gasteiger partial charge on any atom is 0.123 e. The van der Waals surface area contributed by atoms with E-state index in [0.29, 0.717) is 5.92 Å². The third-order valence-corrected chi connectivity index (χ3v) is 5.17. The van der Waals surface area contributed by atoms with Gasteiger partial charge in [-0.15, -0.1) is 0 Å². The van der Waals surface area contributed by atoms with E-state index in [-0.39, 0.29) is 17.0 Å². The van der Waals surface area contributed by atoms with Gasteiger partial charge in [-0.05, 0) is 57.7 Å². The lowest BCUT2D eigenvalue weighted by molar-refractivity contribution is -0.0589. The van der Waals surface area contributed by atoms with Crippen LogP contribution >= 0.6 is 0 Å². The minimum atomic E-state index is -0.161. The highest BCUT2D eigenvalue weighted by molar-refractivity contribution is 5.22. The molecule has 21 heavy (non-hydrogen) atoms. The van der Waals surface area contributed by atoms with Crippen LogP contribution in [0.1, 0.15) is 51.5 Å². The van der Waals surface area contributed by atoms with Gasteiger partial charge in [0.2, 0.25) is 0 Å². The molecule has 2 heterocycles. The molecule has 3 rings (SSSR count). The van der Waals surface area contributed by atoms with Gasteiger partial charge in [0.05, 0.1) is 12.2 Å². The molecule has 0 N–H and O–H groups in total. The third-order valence-electron chi connectivity index (χ3n) is 5.17. The van der Waals surface area contributed by atoms with Crippen molar-refractivity contribution in [2.45, 2.75) is 57.1 Å². The number of hydrogen-bond acceptors (Lipinski definition) is 2. The maximum absolute atomic E-state index is 13.0. The van der Waals surface area contributed by atoms with Gasteiger partial charge in [0.1, 0.15) is 5.82 Å². The van der Waals surface area contributed by atoms with Gasteiger partial charge in [0.15, 0.2) is 0 Å². The van der Waals surface area contributed by atoms with Gasteiger partial charge in [-0.25, -0.2) is 4.39 Å². The summed E-state index contributed by atoms with van der Waals surface area (Å²) in [4.78, 5) is 2.55. The highest BCUT2D eigenvalue weighted by Gasteiger charge is 2.44. The summed E-state index contributed by atoms with van der Waals surface area (Å²) in [5.74, 6) is 0.262. The molecule has 1 unspecified atom stereocenters. The van der Waals surface area contributed by atoms with E-state index in [1.165, 1.54) is 5.56 Å². The van der Waals surface area contributed by atoms with E-state index >= 15 is 0 Å². The molecule has 2 nitrogen and oxygen atoms in total. The van der Waals surface area contributed by atoms with Gasteiger partial charge >= 0.3 is 0 Å². The molecule has 2 fully saturated rings. The van der Waals surface area contributed by atoms with Crippen LogP contribution in [-0.2, 0) is 4.74 Å². The Morgan fingerprint density at radius 2 is 1.76 bits per heavy atom. The summed E-state index contributed by atoms with van der Waals surface area (Å²) in [6.07, 6.45) is 3.31. The Hall–Kier alpha value is -0.930. The molecule has 1 aromatic carbocycles. The fraction of sp³-hybridized carbons (Fsp3) is 0.667. The first kappa shape index (κ1) is 15.0. The Bertz CT molecular complexity index is 483. The molecule has 1 spiro atoms. The molecule has 0 amide bonds. The molecular weight excluding hydrogens is 265 g/mol. The van der Waals surface area contributed by atoms with E-state index in [9.17, 15) is 4.39 Å². The van der Waals surface area contributed by atoms with Crippen molar-refractivity contribution in [3.8, 4) is 0 Å². The summed E-state index contributed by atoms with van der Waals surface area (Å²) in [5, 5.41) is 0. The van der Waals surface area contributed by atoms with E-state index < -0.39 is 0 Å². The molecule has 0 aliphatic carbocycles. The van der Waals surface area contributed by atoms with Crippen molar-refractivity contribution in [1.29, 1.82) is 0 Å². The lowest BCUT2D eigenvalue weighted by Gasteiger charge is -2.44. The molecule has 1 aromatic rings. The third kappa shape index (κ3) is 3.14. The first-order valence-corrected chi connectivity index (χ1v) is 8.03. The zero-order chi connectivity index (χ0) is 15.1. The normalized spacial score (nSPS) is 26.4. The van der Waals surface area contributed by atoms with Crippen LogP contribution in [0, 0.1) is 5.82 Å². The maximum atomic E-state index is 13.0. The largest absolute Gasteiger partial charge is 0.374 e. The van der Waals surface area contributed by atoms with Crippen molar-refractivity contribution in [2.24, 2.45) is 0 Å². The number of piperidine rings is 1. The lowest BCUT2D eigenvalue weighted by Crippen LogP contribution is -2.51. The standard InChI is InChI=1S/C18H26FNO/c1-17(2,3)20-10-8-18(9-11-20)12-15(13-21-18)14-4-6-16(19)7-5-14/h4-7,15H,8-13H2,1-3H3. The first-order chi connectivity index (χ1) is 9.88. The Kier molecular flexibility index (Phi) is 3.83. The Morgan fingerprint density at radius 3 is 2.33 bits per heavy atom. The van der Waals surface area contributed by atoms with Crippen LogP contribution in [0.4, 0.5) is 4.39 Å². The van der Waals surface area contributed by atoms with E-state index in [1.54, 1.807) is 12.1 Å². The zero-order valence-electron chi connectivity index (χ0n) is 13.4. The summed E-state index contributed by atoms with van der Waals surface area (Å²) in [5.41, 5.74) is 1.52. The summed E-state index contributed by atoms with van der Waals surface area (Å²) in [7, 11) is 0. The molecule has 2 saturated heterocycles. The van der Waals surface area contributed by atoms with Crippen molar-refractivity contribution in [2.75, 3.05) is 19.7 Å². The number of halogens is 1. The zero-order valence-corrected chi connectivity index (χ0v) is 13.4. The second-order valence-electron chi connectivity index (χ2n) is 7.60. The topological polar surface area (TPSA) is 12.5 Å². The monoisotopic (exact) mass is 291 g/mol. The van der Waals surface area contributed by atoms with Crippen molar-refractivity contribution >= 4 is 0 Å². The van der Waals surface area contributed by atoms with Crippen LogP contribution in [-0.4, -0.2) is 35.7 Å². The molecule has 0 aromatic heterocycles. The van der Waals surface area contributed by atoms with E-state index in [0.717, 1.165) is 39.0 Å². The summed E-state index contributed by atoms with van der Waals surface area (Å²) < 4.78 is 19.3. The number of rotatable bonds is 1. The van der Waals surface area contributed by atoms with Gasteiger partial charge in [-0.1, -0.05) is 12.1 Å². The average Bonchev–Trinajstić information content (AvgIpc) is 2.83. The minimum Gasteiger partial charge on any atom is -0.374 e. The van der Waals surface area contributed by atoms with Crippen molar-refractivity contribution < 1.29 is 9.13 Å². The van der Waals surface area contributed by atoms with Gasteiger partial charge in [-0.3, -0.25) is 4.90 Å². The van der Waals surface area contributed by atoms with E-state index in [2.05, 4.69) is 25.7 Å². The predicted octanol–water partition coefficient (Wildman–Crippen LogP) is 3.96. The van der Waals surface area contributed by atoms with Gasteiger partial charge in [-0.2, -0.15) is 0 Å². The highest BCUT2D eigenvalue weighted by atomic mass is 19.1. The van der Waals surface area contributed by atoms with Gasteiger partial charge in [0.25, 0.3) is 0 Å². The van der Waals surface area contributed by atoms with Gasteiger partial charge in [0, 0.05) is 24.5 Å². The molecule has 116 valence electrons. The summed E-state index contributed by atoms with van der Waals surface area (Å²) >= 11 is 0. The number of nitrogens with zero attached hydrogens (tertiary/aromatic N) is 1. The summed E-state index contributed by atoms with van der Waals surface area (Å²) in [6.45, 7) is 9.84. The number of likely N-dealkylation sites (tertiary alicyclic amines) is 1. The molecule has 2 aliphatic rings. The SMILES string of the molecule is CC(C)(C)N1CCC2(CC1)CC(c1ccc(F)cc1)CO2. The minimum absolute atomic E-state index is 0.0564. The molecule has 0 bridgehead atoms. The highest BCUT2D eigenvalue weighted by Crippen LogP contribution is 2.43. The molecule has 3 heteroatoms. The molecule has 0 radical (unpaired) electrons. The van der Waals surface area contributed by atoms with Crippen molar-refractivity contribution in [1.82, 2.24) is 4.90 Å². The first-order valence-electron chi connectivity index (χ1n) is 8.03. The number of ether oxygens (including phenoxy) is 1. The van der Waals surface area contributed by atoms with Gasteiger partial charge < -0.3 is 4.74 Å². The van der Waals surface area contributed by atoms with Crippen LogP contribution in [0.2, 0.25) is 0 Å². The van der Waals surface area contributed by atoms with Crippen molar-refractivity contribution in [3.63, 3.8) is 0 Å². The number of benzene rings is 1. The second-order valence-corrected chi connectivity index (χ2v) is 7.60. The van der Waals surface area contributed by atoms with Crippen LogP contribution in [0.25, 0.3) is 0 Å². The summed E-state index contributed by atoms with van der Waals surface area (Å²) in [6, 6.07) is 6.93. The van der Waals surface area contributed by atoms with Crippen LogP contribution in [0.3, 0.4) is 0 Å². The van der Waals surface area contributed by atoms with E-state index in [4.69, 9.17) is 4.74 Å². The fourth-order valence-electron chi connectivity index (χ4n) is 3.73. The lowest BCUT2D eigenvalue weighted by atomic mass is 9.82. The fourth-order valence-corrected chi connectivity index (χ4v) is 3.73. The Morgan fingerprint density at radius 1 is 1.14 bits per heavy atom. The number of hydrogen-bond donors (Lipinski definition) is 0. The molecule has 2 aliphatic heterocycles.